The second kappa shape index (κ2) is 5.30. The van der Waals surface area contributed by atoms with Crippen molar-refractivity contribution in [2.75, 3.05) is 6.54 Å². The average Bonchev–Trinajstić information content (AvgIpc) is 2.17. The maximum atomic E-state index is 11.5. The SMILES string of the molecule is CC1CCC(CNS(=O)(=O)C(C)C)CC1. The van der Waals surface area contributed by atoms with Gasteiger partial charge in [-0.3, -0.25) is 0 Å². The Balaban J connectivity index is 2.32. The van der Waals surface area contributed by atoms with Crippen LogP contribution in [0.25, 0.3) is 0 Å². The van der Waals surface area contributed by atoms with Crippen molar-refractivity contribution in [2.24, 2.45) is 11.8 Å². The van der Waals surface area contributed by atoms with E-state index in [2.05, 4.69) is 11.6 Å². The highest BCUT2D eigenvalue weighted by Crippen LogP contribution is 2.27. The Morgan fingerprint density at radius 3 is 2.20 bits per heavy atom. The summed E-state index contributed by atoms with van der Waals surface area (Å²) in [6.07, 6.45) is 4.83. The number of sulfonamides is 1. The third-order valence-corrected chi connectivity index (χ3v) is 5.14. The Hall–Kier alpha value is -0.0900. The van der Waals surface area contributed by atoms with Crippen molar-refractivity contribution in [3.05, 3.63) is 0 Å². The van der Waals surface area contributed by atoms with Gasteiger partial charge in [0.1, 0.15) is 0 Å². The number of rotatable bonds is 4. The van der Waals surface area contributed by atoms with Crippen LogP contribution in [0.1, 0.15) is 46.5 Å². The van der Waals surface area contributed by atoms with Gasteiger partial charge in [-0.05, 0) is 38.5 Å². The highest BCUT2D eigenvalue weighted by molar-refractivity contribution is 7.90. The number of hydrogen-bond acceptors (Lipinski definition) is 2. The van der Waals surface area contributed by atoms with Crippen LogP contribution >= 0.6 is 0 Å². The predicted octanol–water partition coefficient (Wildman–Crippen LogP) is 2.14. The summed E-state index contributed by atoms with van der Waals surface area (Å²) in [6.45, 7) is 6.33. The summed E-state index contributed by atoms with van der Waals surface area (Å²) in [7, 11) is -3.06. The topological polar surface area (TPSA) is 46.2 Å². The van der Waals surface area contributed by atoms with Gasteiger partial charge in [-0.2, -0.15) is 0 Å². The van der Waals surface area contributed by atoms with E-state index in [0.717, 1.165) is 5.92 Å². The maximum Gasteiger partial charge on any atom is 0.213 e. The fraction of sp³-hybridized carbons (Fsp3) is 1.00. The standard InChI is InChI=1S/C11H23NO2S/c1-9(2)15(13,14)12-8-11-6-4-10(3)5-7-11/h9-12H,4-8H2,1-3H3. The van der Waals surface area contributed by atoms with Crippen LogP contribution < -0.4 is 4.72 Å². The van der Waals surface area contributed by atoms with Crippen LogP contribution in [-0.2, 0) is 10.0 Å². The van der Waals surface area contributed by atoms with Gasteiger partial charge in [0.05, 0.1) is 5.25 Å². The van der Waals surface area contributed by atoms with E-state index >= 15 is 0 Å². The van der Waals surface area contributed by atoms with Crippen LogP contribution in [0, 0.1) is 11.8 Å². The molecule has 0 atom stereocenters. The molecule has 0 aromatic heterocycles. The van der Waals surface area contributed by atoms with Crippen LogP contribution in [0.5, 0.6) is 0 Å². The number of nitrogens with one attached hydrogen (secondary N) is 1. The molecular weight excluding hydrogens is 210 g/mol. The Bertz CT molecular complexity index is 277. The van der Waals surface area contributed by atoms with Gasteiger partial charge in [-0.1, -0.05) is 19.8 Å². The van der Waals surface area contributed by atoms with E-state index in [1.807, 2.05) is 0 Å². The van der Waals surface area contributed by atoms with Crippen molar-refractivity contribution in [1.29, 1.82) is 0 Å². The molecule has 0 bridgehead atoms. The third-order valence-electron chi connectivity index (χ3n) is 3.33. The summed E-state index contributed by atoms with van der Waals surface area (Å²) >= 11 is 0. The van der Waals surface area contributed by atoms with Gasteiger partial charge >= 0.3 is 0 Å². The summed E-state index contributed by atoms with van der Waals surface area (Å²) in [5.41, 5.74) is 0. The van der Waals surface area contributed by atoms with E-state index in [4.69, 9.17) is 0 Å². The molecule has 0 saturated heterocycles. The molecule has 0 amide bonds. The Morgan fingerprint density at radius 2 is 1.73 bits per heavy atom. The third kappa shape index (κ3) is 4.11. The largest absolute Gasteiger partial charge is 0.215 e. The van der Waals surface area contributed by atoms with E-state index in [-0.39, 0.29) is 5.25 Å². The van der Waals surface area contributed by atoms with Crippen molar-refractivity contribution in [3.63, 3.8) is 0 Å². The molecule has 0 heterocycles. The molecule has 0 aliphatic heterocycles. The minimum Gasteiger partial charge on any atom is -0.215 e. The van der Waals surface area contributed by atoms with Crippen LogP contribution in [0.4, 0.5) is 0 Å². The first-order chi connectivity index (χ1) is 6.92. The molecule has 1 aliphatic rings. The van der Waals surface area contributed by atoms with Crippen LogP contribution in [0.3, 0.4) is 0 Å². The van der Waals surface area contributed by atoms with Crippen molar-refractivity contribution >= 4 is 10.0 Å². The Kier molecular flexibility index (Phi) is 4.59. The zero-order chi connectivity index (χ0) is 11.5. The van der Waals surface area contributed by atoms with E-state index in [0.29, 0.717) is 12.5 Å². The van der Waals surface area contributed by atoms with E-state index in [1.165, 1.54) is 25.7 Å². The first kappa shape index (κ1) is 13.0. The molecule has 1 rings (SSSR count). The van der Waals surface area contributed by atoms with Gasteiger partial charge < -0.3 is 0 Å². The Labute approximate surface area is 93.7 Å². The summed E-state index contributed by atoms with van der Waals surface area (Å²) in [6, 6.07) is 0. The molecule has 0 aromatic rings. The van der Waals surface area contributed by atoms with Gasteiger partial charge in [0.2, 0.25) is 10.0 Å². The fourth-order valence-electron chi connectivity index (χ4n) is 1.93. The lowest BCUT2D eigenvalue weighted by Gasteiger charge is -2.26. The molecule has 90 valence electrons. The van der Waals surface area contributed by atoms with Gasteiger partial charge in [-0.25, -0.2) is 13.1 Å². The molecule has 1 aliphatic carbocycles. The second-order valence-electron chi connectivity index (χ2n) is 5.07. The van der Waals surface area contributed by atoms with Crippen molar-refractivity contribution in [1.82, 2.24) is 4.72 Å². The molecule has 3 nitrogen and oxygen atoms in total. The van der Waals surface area contributed by atoms with Crippen molar-refractivity contribution in [3.8, 4) is 0 Å². The summed E-state index contributed by atoms with van der Waals surface area (Å²) in [5, 5.41) is -0.319. The van der Waals surface area contributed by atoms with Gasteiger partial charge in [0.25, 0.3) is 0 Å². The quantitative estimate of drug-likeness (QED) is 0.808. The predicted molar refractivity (Wildman–Crippen MR) is 63.2 cm³/mol. The summed E-state index contributed by atoms with van der Waals surface area (Å²) in [5.74, 6) is 1.37. The molecule has 15 heavy (non-hydrogen) atoms. The monoisotopic (exact) mass is 233 g/mol. The van der Waals surface area contributed by atoms with Crippen LogP contribution in [0.2, 0.25) is 0 Å². The molecule has 1 fully saturated rings. The summed E-state index contributed by atoms with van der Waals surface area (Å²) in [4.78, 5) is 0. The molecule has 4 heteroatoms. The smallest absolute Gasteiger partial charge is 0.213 e. The normalized spacial score (nSPS) is 28.3. The first-order valence-electron chi connectivity index (χ1n) is 5.90. The van der Waals surface area contributed by atoms with Gasteiger partial charge in [0.15, 0.2) is 0 Å². The highest BCUT2D eigenvalue weighted by atomic mass is 32.2. The molecule has 0 radical (unpaired) electrons. The first-order valence-corrected chi connectivity index (χ1v) is 7.45. The zero-order valence-electron chi connectivity index (χ0n) is 9.99. The molecular formula is C11H23NO2S. The summed E-state index contributed by atoms with van der Waals surface area (Å²) < 4.78 is 25.8. The van der Waals surface area contributed by atoms with E-state index < -0.39 is 10.0 Å². The maximum absolute atomic E-state index is 11.5. The molecule has 0 spiro atoms. The minimum atomic E-state index is -3.06. The molecule has 1 N–H and O–H groups in total. The van der Waals surface area contributed by atoms with Crippen molar-refractivity contribution in [2.45, 2.75) is 51.7 Å². The highest BCUT2D eigenvalue weighted by Gasteiger charge is 2.21. The van der Waals surface area contributed by atoms with Gasteiger partial charge in [-0.15, -0.1) is 0 Å². The van der Waals surface area contributed by atoms with Gasteiger partial charge in [0, 0.05) is 6.54 Å². The van der Waals surface area contributed by atoms with Crippen LogP contribution in [-0.4, -0.2) is 20.2 Å². The van der Waals surface area contributed by atoms with E-state index in [1.54, 1.807) is 13.8 Å². The van der Waals surface area contributed by atoms with Crippen LogP contribution in [0.15, 0.2) is 0 Å². The lowest BCUT2D eigenvalue weighted by molar-refractivity contribution is 0.290. The van der Waals surface area contributed by atoms with Crippen molar-refractivity contribution < 1.29 is 8.42 Å². The molecule has 0 aromatic carbocycles. The Morgan fingerprint density at radius 1 is 1.20 bits per heavy atom. The van der Waals surface area contributed by atoms with E-state index in [9.17, 15) is 8.42 Å². The fourth-order valence-corrected chi connectivity index (χ4v) is 2.74. The average molecular weight is 233 g/mol. The lowest BCUT2D eigenvalue weighted by Crippen LogP contribution is -2.35. The second-order valence-corrected chi connectivity index (χ2v) is 7.39. The number of hydrogen-bond donors (Lipinski definition) is 1. The zero-order valence-corrected chi connectivity index (χ0v) is 10.8. The minimum absolute atomic E-state index is 0.319. The molecule has 1 saturated carbocycles. The lowest BCUT2D eigenvalue weighted by atomic mass is 9.83. The molecule has 0 unspecified atom stereocenters.